The highest BCUT2D eigenvalue weighted by molar-refractivity contribution is 5.80. The van der Waals surface area contributed by atoms with Gasteiger partial charge in [-0.1, -0.05) is 0 Å². The molecule has 6 nitrogen and oxygen atoms in total. The van der Waals surface area contributed by atoms with Gasteiger partial charge in [-0.2, -0.15) is 0 Å². The van der Waals surface area contributed by atoms with Gasteiger partial charge >= 0.3 is 0 Å². The maximum absolute atomic E-state index is 12.1. The van der Waals surface area contributed by atoms with Crippen LogP contribution in [0.5, 0.6) is 5.75 Å². The van der Waals surface area contributed by atoms with Gasteiger partial charge in [0.15, 0.2) is 5.58 Å². The number of hydrogen-bond donors (Lipinski definition) is 1. The highest BCUT2D eigenvalue weighted by Gasteiger charge is 2.42. The molecule has 4 rings (SSSR count). The van der Waals surface area contributed by atoms with Crippen molar-refractivity contribution in [2.75, 3.05) is 13.7 Å². The zero-order valence-corrected chi connectivity index (χ0v) is 11.8. The quantitative estimate of drug-likeness (QED) is 0.921. The van der Waals surface area contributed by atoms with E-state index in [9.17, 15) is 4.79 Å². The molecule has 1 amide bonds. The summed E-state index contributed by atoms with van der Waals surface area (Å²) in [4.78, 5) is 18.5. The Morgan fingerprint density at radius 2 is 2.43 bits per heavy atom. The Balaban J connectivity index is 1.60. The minimum atomic E-state index is 0.178. The van der Waals surface area contributed by atoms with E-state index < -0.39 is 0 Å². The van der Waals surface area contributed by atoms with Gasteiger partial charge in [-0.15, -0.1) is 0 Å². The van der Waals surface area contributed by atoms with Crippen LogP contribution in [0.25, 0.3) is 11.1 Å². The molecular weight excluding hydrogens is 270 g/mol. The standard InChI is InChI=1S/C15H17N3O3/c1-20-9-2-3-13-11(6-9)17-14(21-13)8-18-12-4-5-16-10(12)7-15(18)19/h2-3,6,10,12,16H,4-5,7-8H2,1H3/t10-,12-/m1/s1. The molecule has 0 spiro atoms. The molecule has 0 unspecified atom stereocenters. The fourth-order valence-electron chi connectivity index (χ4n) is 3.33. The zero-order chi connectivity index (χ0) is 14.4. The monoisotopic (exact) mass is 287 g/mol. The van der Waals surface area contributed by atoms with Gasteiger partial charge in [0.1, 0.15) is 11.3 Å². The van der Waals surface area contributed by atoms with Gasteiger partial charge in [-0.3, -0.25) is 4.79 Å². The van der Waals surface area contributed by atoms with Crippen molar-refractivity contribution in [2.45, 2.75) is 31.5 Å². The summed E-state index contributed by atoms with van der Waals surface area (Å²) in [6, 6.07) is 6.10. The Labute approximate surface area is 122 Å². The summed E-state index contributed by atoms with van der Waals surface area (Å²) in [7, 11) is 1.62. The van der Waals surface area contributed by atoms with Gasteiger partial charge in [0.05, 0.1) is 13.7 Å². The molecule has 0 aliphatic carbocycles. The maximum atomic E-state index is 12.1. The number of methoxy groups -OCH3 is 1. The highest BCUT2D eigenvalue weighted by Crippen LogP contribution is 2.29. The van der Waals surface area contributed by atoms with Crippen LogP contribution < -0.4 is 10.1 Å². The number of amides is 1. The Kier molecular flexibility index (Phi) is 2.85. The molecule has 0 saturated carbocycles. The van der Waals surface area contributed by atoms with Gasteiger partial charge in [0.2, 0.25) is 11.8 Å². The summed E-state index contributed by atoms with van der Waals surface area (Å²) in [6.07, 6.45) is 1.59. The first-order valence-corrected chi connectivity index (χ1v) is 7.21. The average molecular weight is 287 g/mol. The van der Waals surface area contributed by atoms with Crippen molar-refractivity contribution in [3.63, 3.8) is 0 Å². The van der Waals surface area contributed by atoms with E-state index in [1.165, 1.54) is 0 Å². The molecule has 2 saturated heterocycles. The van der Waals surface area contributed by atoms with E-state index in [4.69, 9.17) is 9.15 Å². The number of likely N-dealkylation sites (tertiary alicyclic amines) is 1. The Hall–Kier alpha value is -2.08. The van der Waals surface area contributed by atoms with Crippen molar-refractivity contribution in [3.8, 4) is 5.75 Å². The smallest absolute Gasteiger partial charge is 0.224 e. The van der Waals surface area contributed by atoms with Crippen molar-refractivity contribution in [3.05, 3.63) is 24.1 Å². The minimum Gasteiger partial charge on any atom is -0.497 e. The second kappa shape index (κ2) is 4.73. The third kappa shape index (κ3) is 2.06. The topological polar surface area (TPSA) is 67.6 Å². The molecule has 21 heavy (non-hydrogen) atoms. The number of benzene rings is 1. The van der Waals surface area contributed by atoms with Crippen LogP contribution in [0.2, 0.25) is 0 Å². The molecule has 6 heteroatoms. The number of nitrogens with one attached hydrogen (secondary N) is 1. The number of oxazole rings is 1. The second-order valence-electron chi connectivity index (χ2n) is 5.58. The lowest BCUT2D eigenvalue weighted by Crippen LogP contribution is -2.35. The number of fused-ring (bicyclic) bond motifs is 2. The van der Waals surface area contributed by atoms with Crippen LogP contribution in [0.3, 0.4) is 0 Å². The number of aromatic nitrogens is 1. The molecule has 0 radical (unpaired) electrons. The van der Waals surface area contributed by atoms with Gasteiger partial charge in [0, 0.05) is 24.6 Å². The molecule has 110 valence electrons. The summed E-state index contributed by atoms with van der Waals surface area (Å²) < 4.78 is 10.9. The second-order valence-corrected chi connectivity index (χ2v) is 5.58. The van der Waals surface area contributed by atoms with Crippen molar-refractivity contribution >= 4 is 17.0 Å². The molecule has 0 bridgehead atoms. The molecular formula is C15H17N3O3. The molecule has 2 aliphatic rings. The fourth-order valence-corrected chi connectivity index (χ4v) is 3.33. The maximum Gasteiger partial charge on any atom is 0.224 e. The van der Waals surface area contributed by atoms with Crippen LogP contribution in [0.15, 0.2) is 22.6 Å². The Morgan fingerprint density at radius 3 is 3.29 bits per heavy atom. The number of carbonyl (C=O) groups is 1. The highest BCUT2D eigenvalue weighted by atomic mass is 16.5. The lowest BCUT2D eigenvalue weighted by atomic mass is 10.1. The van der Waals surface area contributed by atoms with Crippen molar-refractivity contribution in [1.82, 2.24) is 15.2 Å². The van der Waals surface area contributed by atoms with Gasteiger partial charge in [0.25, 0.3) is 0 Å². The summed E-state index contributed by atoms with van der Waals surface area (Å²) in [5.74, 6) is 1.51. The normalized spacial score (nSPS) is 24.8. The largest absolute Gasteiger partial charge is 0.497 e. The molecule has 2 aromatic rings. The van der Waals surface area contributed by atoms with Crippen LogP contribution in [0.4, 0.5) is 0 Å². The SMILES string of the molecule is COc1ccc2oc(CN3C(=O)C[C@H]4NCC[C@H]43)nc2c1. The van der Waals surface area contributed by atoms with Gasteiger partial charge < -0.3 is 19.4 Å². The van der Waals surface area contributed by atoms with E-state index in [2.05, 4.69) is 10.3 Å². The average Bonchev–Trinajstić information content (AvgIpc) is 3.15. The Bertz CT molecular complexity index is 697. The molecule has 1 aromatic carbocycles. The van der Waals surface area contributed by atoms with Gasteiger partial charge in [-0.25, -0.2) is 4.98 Å². The van der Waals surface area contributed by atoms with Crippen molar-refractivity contribution in [1.29, 1.82) is 0 Å². The number of nitrogens with zero attached hydrogens (tertiary/aromatic N) is 2. The van der Waals surface area contributed by atoms with Crippen LogP contribution in [0.1, 0.15) is 18.7 Å². The third-order valence-electron chi connectivity index (χ3n) is 4.37. The molecule has 1 aromatic heterocycles. The van der Waals surface area contributed by atoms with Crippen LogP contribution in [0, 0.1) is 0 Å². The van der Waals surface area contributed by atoms with Gasteiger partial charge in [-0.05, 0) is 25.1 Å². The van der Waals surface area contributed by atoms with E-state index in [0.717, 1.165) is 29.8 Å². The van der Waals surface area contributed by atoms with E-state index in [-0.39, 0.29) is 11.9 Å². The fraction of sp³-hybridized carbons (Fsp3) is 0.467. The molecule has 2 atom stereocenters. The molecule has 2 aliphatic heterocycles. The molecule has 2 fully saturated rings. The predicted octanol–water partition coefficient (Wildman–Crippen LogP) is 1.30. The van der Waals surface area contributed by atoms with Crippen LogP contribution >= 0.6 is 0 Å². The van der Waals surface area contributed by atoms with E-state index in [1.807, 2.05) is 23.1 Å². The van der Waals surface area contributed by atoms with Crippen molar-refractivity contribution < 1.29 is 13.9 Å². The summed E-state index contributed by atoms with van der Waals surface area (Å²) in [6.45, 7) is 1.42. The lowest BCUT2D eigenvalue weighted by molar-refractivity contribution is -0.129. The van der Waals surface area contributed by atoms with E-state index in [0.29, 0.717) is 24.9 Å². The number of carbonyl (C=O) groups excluding carboxylic acids is 1. The van der Waals surface area contributed by atoms with Crippen LogP contribution in [-0.2, 0) is 11.3 Å². The summed E-state index contributed by atoms with van der Waals surface area (Å²) in [5, 5.41) is 3.38. The van der Waals surface area contributed by atoms with E-state index in [1.54, 1.807) is 7.11 Å². The minimum absolute atomic E-state index is 0.178. The molecule has 3 heterocycles. The number of ether oxygens (including phenoxy) is 1. The number of hydrogen-bond acceptors (Lipinski definition) is 5. The third-order valence-corrected chi connectivity index (χ3v) is 4.37. The zero-order valence-electron chi connectivity index (χ0n) is 11.8. The van der Waals surface area contributed by atoms with Crippen molar-refractivity contribution in [2.24, 2.45) is 0 Å². The van der Waals surface area contributed by atoms with Crippen LogP contribution in [-0.4, -0.2) is 41.5 Å². The van der Waals surface area contributed by atoms with E-state index >= 15 is 0 Å². The first-order valence-electron chi connectivity index (χ1n) is 7.21. The number of rotatable bonds is 3. The summed E-state index contributed by atoms with van der Waals surface area (Å²) >= 11 is 0. The molecule has 1 N–H and O–H groups in total. The first kappa shape index (κ1) is 12.6. The first-order chi connectivity index (χ1) is 10.2. The summed E-state index contributed by atoms with van der Waals surface area (Å²) in [5.41, 5.74) is 1.48. The Morgan fingerprint density at radius 1 is 1.52 bits per heavy atom. The predicted molar refractivity (Wildman–Crippen MR) is 75.9 cm³/mol. The lowest BCUT2D eigenvalue weighted by Gasteiger charge is -2.21.